The van der Waals surface area contributed by atoms with Gasteiger partial charge in [-0.05, 0) is 51.5 Å². The molecule has 0 fully saturated rings. The second-order valence-electron chi connectivity index (χ2n) is 14.3. The zero-order valence-corrected chi connectivity index (χ0v) is 35.0. The van der Waals surface area contributed by atoms with Crippen LogP contribution in [0.4, 0.5) is 5.69 Å². The molecule has 57 heavy (non-hydrogen) atoms. The average Bonchev–Trinajstić information content (AvgIpc) is 3.71. The van der Waals surface area contributed by atoms with Crippen LogP contribution < -0.4 is 21.3 Å². The molecule has 4 rings (SSSR count). The third-order valence-electron chi connectivity index (χ3n) is 9.24. The molecule has 0 aliphatic heterocycles. The highest BCUT2D eigenvalue weighted by Crippen LogP contribution is 2.35. The maximum absolute atomic E-state index is 14.3. The number of fused-ring (bicyclic) bond motifs is 1. The minimum absolute atomic E-state index is 0.0000579. The average molecular weight is 838 g/mol. The number of nitrogens with one attached hydrogen (secondary N) is 4. The van der Waals surface area contributed by atoms with Gasteiger partial charge in [0.15, 0.2) is 5.03 Å². The van der Waals surface area contributed by atoms with Crippen molar-refractivity contribution in [3.05, 3.63) is 93.1 Å². The second kappa shape index (κ2) is 23.0. The van der Waals surface area contributed by atoms with Crippen LogP contribution in [0.5, 0.6) is 0 Å². The molecule has 2 aromatic carbocycles. The number of carbonyl (C=O) groups excluding carboxylic acids is 4. The number of thiazole rings is 1. The number of benzene rings is 2. The summed E-state index contributed by atoms with van der Waals surface area (Å²) in [5.41, 5.74) is 2.88. The molecule has 0 saturated heterocycles. The predicted octanol–water partition coefficient (Wildman–Crippen LogP) is 5.63. The van der Waals surface area contributed by atoms with Crippen LogP contribution in [0.15, 0.2) is 76.7 Å². The summed E-state index contributed by atoms with van der Waals surface area (Å²) < 4.78 is 0. The zero-order valence-electron chi connectivity index (χ0n) is 32.5. The van der Waals surface area contributed by atoms with Crippen LogP contribution in [0.25, 0.3) is 10.8 Å². The fourth-order valence-corrected chi connectivity index (χ4v) is 8.54. The Morgan fingerprint density at radius 1 is 0.912 bits per heavy atom. The lowest BCUT2D eigenvalue weighted by molar-refractivity contribution is -0.388. The van der Waals surface area contributed by atoms with E-state index >= 15 is 0 Å². The number of carbonyl (C=O) groups is 4. The summed E-state index contributed by atoms with van der Waals surface area (Å²) in [6, 6.07) is 13.3. The van der Waals surface area contributed by atoms with Gasteiger partial charge in [0.25, 0.3) is 0 Å². The summed E-state index contributed by atoms with van der Waals surface area (Å²) in [6.07, 6.45) is 1.52. The molecule has 5 atom stereocenters. The molecular formula is C40H51N7O7S3. The molecule has 0 saturated carbocycles. The fourth-order valence-electron chi connectivity index (χ4n) is 5.95. The highest BCUT2D eigenvalue weighted by Gasteiger charge is 2.32. The number of aromatic nitrogens is 2. The van der Waals surface area contributed by atoms with Crippen LogP contribution in [-0.2, 0) is 32.0 Å². The molecule has 14 nitrogen and oxygen atoms in total. The molecule has 0 spiro atoms. The Labute approximate surface area is 344 Å². The van der Waals surface area contributed by atoms with Gasteiger partial charge in [0.1, 0.15) is 12.1 Å². The van der Waals surface area contributed by atoms with Crippen LogP contribution >= 0.6 is 32.9 Å². The standard InChI is InChI=1S/C40H51N7O7S3/c1-5-26(4)22-42-37(50)21-35(48)31(18-25(2)3)45-39(52)33(20-29-23-55-24-43-29)46-38(51)32(19-28-12-8-11-27-10-6-7-13-30(27)28)44-36(49)15-17-56-57-40-34(47(53)54)14-9-16-41-40/h6-14,16,23-26,31-33,35,48H,5,15,17-22H2,1-4H3,(H,42,50)(H,44,49)(H,45,52)(H,46,51)/t26?,31-,32-,33?,35-/m0/s1. The normalized spacial score (nSPS) is 13.9. The monoisotopic (exact) mass is 837 g/mol. The van der Waals surface area contributed by atoms with Gasteiger partial charge in [0.05, 0.1) is 34.7 Å². The summed E-state index contributed by atoms with van der Waals surface area (Å²) in [5, 5.41) is 37.9. The first-order valence-corrected chi connectivity index (χ1v) is 22.2. The molecule has 0 radical (unpaired) electrons. The number of nitrogens with zero attached hydrogens (tertiary/aromatic N) is 3. The number of rotatable bonds is 23. The van der Waals surface area contributed by atoms with Crippen molar-refractivity contribution in [3.63, 3.8) is 0 Å². The summed E-state index contributed by atoms with van der Waals surface area (Å²) in [4.78, 5) is 73.7. The smallest absolute Gasteiger partial charge is 0.302 e. The molecule has 0 aliphatic carbocycles. The molecule has 4 amide bonds. The van der Waals surface area contributed by atoms with Crippen LogP contribution in [0.2, 0.25) is 0 Å². The third-order valence-corrected chi connectivity index (χ3v) is 12.2. The molecule has 5 N–H and O–H groups in total. The minimum atomic E-state index is -1.18. The van der Waals surface area contributed by atoms with Crippen LogP contribution in [0.1, 0.15) is 64.6 Å². The van der Waals surface area contributed by atoms with Gasteiger partial charge in [-0.15, -0.1) is 11.3 Å². The van der Waals surface area contributed by atoms with E-state index in [9.17, 15) is 34.4 Å². The Morgan fingerprint density at radius 2 is 1.65 bits per heavy atom. The van der Waals surface area contributed by atoms with Crippen LogP contribution in [0.3, 0.4) is 0 Å². The predicted molar refractivity (Wildman–Crippen MR) is 226 cm³/mol. The first-order chi connectivity index (χ1) is 27.3. The molecule has 306 valence electrons. The van der Waals surface area contributed by atoms with Gasteiger partial charge in [-0.25, -0.2) is 9.97 Å². The van der Waals surface area contributed by atoms with Crippen molar-refractivity contribution in [3.8, 4) is 0 Å². The van der Waals surface area contributed by atoms with Gasteiger partial charge >= 0.3 is 5.69 Å². The molecule has 2 aromatic heterocycles. The largest absolute Gasteiger partial charge is 0.390 e. The number of aliphatic hydroxyl groups is 1. The number of pyridine rings is 1. The van der Waals surface area contributed by atoms with E-state index in [4.69, 9.17) is 0 Å². The molecule has 17 heteroatoms. The maximum Gasteiger partial charge on any atom is 0.302 e. The van der Waals surface area contributed by atoms with Crippen molar-refractivity contribution in [2.24, 2.45) is 11.8 Å². The lowest BCUT2D eigenvalue weighted by atomic mass is 9.96. The highest BCUT2D eigenvalue weighted by atomic mass is 33.1. The highest BCUT2D eigenvalue weighted by molar-refractivity contribution is 8.76. The lowest BCUT2D eigenvalue weighted by Gasteiger charge is -2.29. The number of amides is 4. The number of aliphatic hydroxyl groups excluding tert-OH is 1. The van der Waals surface area contributed by atoms with Gasteiger partial charge in [-0.1, -0.05) is 87.4 Å². The van der Waals surface area contributed by atoms with E-state index < -0.39 is 46.9 Å². The van der Waals surface area contributed by atoms with Crippen LogP contribution in [-0.4, -0.2) is 80.2 Å². The number of hydrogen-bond acceptors (Lipinski definition) is 12. The van der Waals surface area contributed by atoms with Crippen molar-refractivity contribution in [1.82, 2.24) is 31.2 Å². The fraction of sp³-hybridized carbons (Fsp3) is 0.450. The van der Waals surface area contributed by atoms with Gasteiger partial charge in [0, 0.05) is 49.2 Å². The van der Waals surface area contributed by atoms with E-state index in [1.165, 1.54) is 40.5 Å². The van der Waals surface area contributed by atoms with Gasteiger partial charge in [-0.2, -0.15) is 0 Å². The Kier molecular flexibility index (Phi) is 18.2. The molecule has 2 heterocycles. The Hall–Kier alpha value is -4.58. The molecule has 2 unspecified atom stereocenters. The second-order valence-corrected chi connectivity index (χ2v) is 17.4. The zero-order chi connectivity index (χ0) is 41.3. The van der Waals surface area contributed by atoms with E-state index in [1.807, 2.05) is 70.2 Å². The van der Waals surface area contributed by atoms with E-state index in [1.54, 1.807) is 10.9 Å². The van der Waals surface area contributed by atoms with Gasteiger partial charge < -0.3 is 26.4 Å². The Balaban J connectivity index is 1.52. The lowest BCUT2D eigenvalue weighted by Crippen LogP contribution is -2.57. The Bertz CT molecular complexity index is 1940. The summed E-state index contributed by atoms with van der Waals surface area (Å²) in [5.74, 6) is -1.28. The first kappa shape index (κ1) is 45.1. The molecule has 0 aliphatic rings. The number of hydrogen-bond donors (Lipinski definition) is 5. The van der Waals surface area contributed by atoms with Crippen molar-refractivity contribution < 1.29 is 29.2 Å². The van der Waals surface area contributed by atoms with E-state index in [0.29, 0.717) is 18.7 Å². The minimum Gasteiger partial charge on any atom is -0.390 e. The van der Waals surface area contributed by atoms with E-state index in [0.717, 1.165) is 33.6 Å². The van der Waals surface area contributed by atoms with Crippen molar-refractivity contribution >= 4 is 73.0 Å². The summed E-state index contributed by atoms with van der Waals surface area (Å²) in [6.45, 7) is 8.43. The topological polar surface area (TPSA) is 206 Å². The summed E-state index contributed by atoms with van der Waals surface area (Å²) in [7, 11) is 2.32. The summed E-state index contributed by atoms with van der Waals surface area (Å²) >= 11 is 1.34. The van der Waals surface area contributed by atoms with Gasteiger partial charge in [-0.3, -0.25) is 29.3 Å². The molecule has 0 bridgehead atoms. The van der Waals surface area contributed by atoms with E-state index in [2.05, 4.69) is 31.2 Å². The Morgan fingerprint density at radius 3 is 2.37 bits per heavy atom. The SMILES string of the molecule is CCC(C)CNC(=O)C[C@H](O)[C@H](CC(C)C)NC(=O)C(Cc1cscn1)NC(=O)[C@H](Cc1cccc2ccccc12)NC(=O)CCSSc1ncccc1[N+](=O)[O-]. The van der Waals surface area contributed by atoms with Crippen molar-refractivity contribution in [2.75, 3.05) is 12.3 Å². The molecule has 4 aromatic rings. The van der Waals surface area contributed by atoms with Crippen molar-refractivity contribution in [1.29, 1.82) is 0 Å². The maximum atomic E-state index is 14.3. The van der Waals surface area contributed by atoms with E-state index in [-0.39, 0.29) is 59.9 Å². The molecular weight excluding hydrogens is 787 g/mol. The number of nitro groups is 1. The first-order valence-electron chi connectivity index (χ1n) is 18.9. The third kappa shape index (κ3) is 14.7. The quantitative estimate of drug-likeness (QED) is 0.0268. The van der Waals surface area contributed by atoms with Gasteiger partial charge in [0.2, 0.25) is 23.6 Å². The van der Waals surface area contributed by atoms with Crippen molar-refractivity contribution in [2.45, 2.75) is 95.5 Å². The van der Waals surface area contributed by atoms with Crippen LogP contribution in [0, 0.1) is 22.0 Å².